The summed E-state index contributed by atoms with van der Waals surface area (Å²) in [5.74, 6) is -0.703. The van der Waals surface area contributed by atoms with E-state index in [0.29, 0.717) is 6.42 Å². The van der Waals surface area contributed by atoms with E-state index < -0.39 is 11.9 Å². The zero-order chi connectivity index (χ0) is 15.6. The lowest BCUT2D eigenvalue weighted by atomic mass is 10.0. The zero-order valence-corrected chi connectivity index (χ0v) is 12.0. The van der Waals surface area contributed by atoms with Crippen LogP contribution < -0.4 is 0 Å². The van der Waals surface area contributed by atoms with Gasteiger partial charge in [0, 0.05) is 6.54 Å². The molecule has 1 aliphatic heterocycles. The first kappa shape index (κ1) is 15.0. The van der Waals surface area contributed by atoms with Crippen LogP contribution in [0, 0.1) is 23.1 Å². The van der Waals surface area contributed by atoms with E-state index in [1.807, 2.05) is 13.8 Å². The Labute approximate surface area is 123 Å². The largest absolute Gasteiger partial charge is 0.509 e. The number of amides is 1. The highest BCUT2D eigenvalue weighted by molar-refractivity contribution is 6.00. The Hall–Kier alpha value is -2.35. The van der Waals surface area contributed by atoms with Crippen molar-refractivity contribution in [3.63, 3.8) is 0 Å². The van der Waals surface area contributed by atoms with Gasteiger partial charge in [0.2, 0.25) is 0 Å². The van der Waals surface area contributed by atoms with Gasteiger partial charge in [0.15, 0.2) is 5.57 Å². The van der Waals surface area contributed by atoms with Crippen LogP contribution in [0.2, 0.25) is 0 Å². The molecule has 0 radical (unpaired) electrons. The average Bonchev–Trinajstić information content (AvgIpc) is 2.64. The van der Waals surface area contributed by atoms with E-state index >= 15 is 0 Å². The lowest BCUT2D eigenvalue weighted by molar-refractivity contribution is -0.127. The fourth-order valence-corrected chi connectivity index (χ4v) is 2.47. The molecular formula is C16H17FN2O2. The fourth-order valence-electron chi connectivity index (χ4n) is 2.47. The molecule has 5 heteroatoms. The van der Waals surface area contributed by atoms with E-state index in [0.717, 1.165) is 5.56 Å². The van der Waals surface area contributed by atoms with Crippen molar-refractivity contribution in [2.24, 2.45) is 5.92 Å². The molecule has 4 nitrogen and oxygen atoms in total. The summed E-state index contributed by atoms with van der Waals surface area (Å²) in [6.45, 7) is 4.21. The van der Waals surface area contributed by atoms with Gasteiger partial charge >= 0.3 is 0 Å². The van der Waals surface area contributed by atoms with Crippen molar-refractivity contribution < 1.29 is 14.3 Å². The molecule has 0 saturated heterocycles. The van der Waals surface area contributed by atoms with Crippen LogP contribution in [0.4, 0.5) is 4.39 Å². The number of aliphatic hydroxyl groups is 1. The lowest BCUT2D eigenvalue weighted by Gasteiger charge is -2.26. The minimum atomic E-state index is -0.489. The standard InChI is InChI=1S/C16H17FN2O2/c1-10(2)7-14-15(20)13(8-18)16(21)19(14)9-11-3-5-12(17)6-4-11/h3-6,10,14,20H,7,9H2,1-2H3/t14-/m0/s1. The van der Waals surface area contributed by atoms with Gasteiger partial charge in [-0.05, 0) is 30.0 Å². The summed E-state index contributed by atoms with van der Waals surface area (Å²) in [6.07, 6.45) is 0.573. The number of carbonyl (C=O) groups is 1. The first-order valence-corrected chi connectivity index (χ1v) is 6.82. The highest BCUT2D eigenvalue weighted by atomic mass is 19.1. The quantitative estimate of drug-likeness (QED) is 0.926. The van der Waals surface area contributed by atoms with Crippen LogP contribution in [0.25, 0.3) is 0 Å². The number of carbonyl (C=O) groups excluding carboxylic acids is 1. The van der Waals surface area contributed by atoms with E-state index in [1.54, 1.807) is 18.2 Å². The Morgan fingerprint density at radius 1 is 1.38 bits per heavy atom. The molecular weight excluding hydrogens is 271 g/mol. The van der Waals surface area contributed by atoms with Crippen LogP contribution in [0.15, 0.2) is 35.6 Å². The van der Waals surface area contributed by atoms with Gasteiger partial charge in [0.1, 0.15) is 17.6 Å². The number of aliphatic hydroxyl groups excluding tert-OH is 1. The number of halogens is 1. The van der Waals surface area contributed by atoms with E-state index in [9.17, 15) is 14.3 Å². The maximum atomic E-state index is 12.9. The lowest BCUT2D eigenvalue weighted by Crippen LogP contribution is -2.36. The number of rotatable bonds is 4. The normalized spacial score (nSPS) is 18.5. The van der Waals surface area contributed by atoms with E-state index in [1.165, 1.54) is 17.0 Å². The second-order valence-electron chi connectivity index (χ2n) is 5.58. The number of hydrogen-bond donors (Lipinski definition) is 1. The smallest absolute Gasteiger partial charge is 0.268 e. The van der Waals surface area contributed by atoms with Crippen LogP contribution in [0.5, 0.6) is 0 Å². The summed E-state index contributed by atoms with van der Waals surface area (Å²) in [7, 11) is 0. The molecule has 1 atom stereocenters. The van der Waals surface area contributed by atoms with Gasteiger partial charge < -0.3 is 10.0 Å². The Bertz CT molecular complexity index is 614. The molecule has 0 aromatic heterocycles. The fraction of sp³-hybridized carbons (Fsp3) is 0.375. The Morgan fingerprint density at radius 2 is 2.00 bits per heavy atom. The van der Waals surface area contributed by atoms with Crippen LogP contribution in [-0.4, -0.2) is 22.0 Å². The van der Waals surface area contributed by atoms with Crippen molar-refractivity contribution in [2.45, 2.75) is 32.9 Å². The molecule has 1 heterocycles. The van der Waals surface area contributed by atoms with Crippen molar-refractivity contribution in [3.8, 4) is 6.07 Å². The molecule has 0 fully saturated rings. The highest BCUT2D eigenvalue weighted by Gasteiger charge is 2.39. The molecule has 1 aromatic rings. The van der Waals surface area contributed by atoms with Gasteiger partial charge in [-0.15, -0.1) is 0 Å². The predicted octanol–water partition coefficient (Wildman–Crippen LogP) is 2.92. The molecule has 0 bridgehead atoms. The van der Waals surface area contributed by atoms with E-state index in [4.69, 9.17) is 5.26 Å². The van der Waals surface area contributed by atoms with Crippen molar-refractivity contribution in [1.29, 1.82) is 5.26 Å². The maximum absolute atomic E-state index is 12.9. The molecule has 1 N–H and O–H groups in total. The molecule has 110 valence electrons. The van der Waals surface area contributed by atoms with Gasteiger partial charge in [-0.25, -0.2) is 4.39 Å². The molecule has 1 aliphatic rings. The number of nitriles is 1. The van der Waals surface area contributed by atoms with Crippen LogP contribution >= 0.6 is 0 Å². The number of hydrogen-bond acceptors (Lipinski definition) is 3. The van der Waals surface area contributed by atoms with Crippen LogP contribution in [0.1, 0.15) is 25.8 Å². The summed E-state index contributed by atoms with van der Waals surface area (Å²) in [6, 6.07) is 7.12. The maximum Gasteiger partial charge on any atom is 0.268 e. The number of nitrogens with zero attached hydrogens (tertiary/aromatic N) is 2. The second-order valence-corrected chi connectivity index (χ2v) is 5.58. The third kappa shape index (κ3) is 3.05. The topological polar surface area (TPSA) is 64.3 Å². The first-order chi connectivity index (χ1) is 9.93. The first-order valence-electron chi connectivity index (χ1n) is 6.82. The summed E-state index contributed by atoms with van der Waals surface area (Å²) in [5.41, 5.74) is 0.563. The van der Waals surface area contributed by atoms with Gasteiger partial charge in [-0.2, -0.15) is 5.26 Å². The van der Waals surface area contributed by atoms with Crippen LogP contribution in [0.3, 0.4) is 0 Å². The third-order valence-electron chi connectivity index (χ3n) is 3.50. The minimum absolute atomic E-state index is 0.154. The van der Waals surface area contributed by atoms with E-state index in [2.05, 4.69) is 0 Å². The van der Waals surface area contributed by atoms with Crippen molar-refractivity contribution in [2.75, 3.05) is 0 Å². The molecule has 0 spiro atoms. The molecule has 21 heavy (non-hydrogen) atoms. The monoisotopic (exact) mass is 288 g/mol. The van der Waals surface area contributed by atoms with Crippen molar-refractivity contribution in [3.05, 3.63) is 47.0 Å². The molecule has 0 aliphatic carbocycles. The summed E-state index contributed by atoms with van der Waals surface area (Å²) < 4.78 is 12.9. The van der Waals surface area contributed by atoms with Crippen LogP contribution in [-0.2, 0) is 11.3 Å². The minimum Gasteiger partial charge on any atom is -0.509 e. The Balaban J connectivity index is 2.26. The van der Waals surface area contributed by atoms with Gasteiger partial charge in [-0.3, -0.25) is 4.79 Å². The van der Waals surface area contributed by atoms with Gasteiger partial charge in [0.05, 0.1) is 6.04 Å². The number of benzene rings is 1. The highest BCUT2D eigenvalue weighted by Crippen LogP contribution is 2.30. The van der Waals surface area contributed by atoms with Crippen molar-refractivity contribution in [1.82, 2.24) is 4.90 Å². The summed E-state index contributed by atoms with van der Waals surface area (Å²) in [5, 5.41) is 19.1. The average molecular weight is 288 g/mol. The third-order valence-corrected chi connectivity index (χ3v) is 3.50. The SMILES string of the molecule is CC(C)C[C@H]1C(O)=C(C#N)C(=O)N1Cc1ccc(F)cc1. The van der Waals surface area contributed by atoms with Crippen molar-refractivity contribution >= 4 is 5.91 Å². The van der Waals surface area contributed by atoms with Gasteiger partial charge in [0.25, 0.3) is 5.91 Å². The molecule has 1 aromatic carbocycles. The Morgan fingerprint density at radius 3 is 2.52 bits per heavy atom. The Kier molecular flexibility index (Phi) is 4.27. The zero-order valence-electron chi connectivity index (χ0n) is 12.0. The second kappa shape index (κ2) is 5.96. The predicted molar refractivity (Wildman–Crippen MR) is 75.5 cm³/mol. The van der Waals surface area contributed by atoms with E-state index in [-0.39, 0.29) is 29.6 Å². The summed E-state index contributed by atoms with van der Waals surface area (Å²) >= 11 is 0. The molecule has 1 amide bonds. The van der Waals surface area contributed by atoms with Gasteiger partial charge in [-0.1, -0.05) is 26.0 Å². The molecule has 2 rings (SSSR count). The molecule has 0 saturated carbocycles. The summed E-state index contributed by atoms with van der Waals surface area (Å²) in [4.78, 5) is 13.7. The molecule has 0 unspecified atom stereocenters.